The van der Waals surface area contributed by atoms with Crippen molar-refractivity contribution in [1.29, 1.82) is 0 Å². The van der Waals surface area contributed by atoms with Crippen molar-refractivity contribution in [1.82, 2.24) is 10.3 Å². The maximum Gasteiger partial charge on any atom is 0.141 e. The Morgan fingerprint density at radius 2 is 1.92 bits per heavy atom. The van der Waals surface area contributed by atoms with Gasteiger partial charge in [-0.15, -0.1) is 24.8 Å². The topological polar surface area (TPSA) is 45.2 Å². The molecule has 1 saturated heterocycles. The number of hydrogen-bond acceptors (Lipinski definition) is 3. The molecule has 7 heteroatoms. The van der Waals surface area contributed by atoms with Crippen LogP contribution in [0.1, 0.15) is 30.1 Å². The minimum Gasteiger partial charge on any atom is -0.387 e. The van der Waals surface area contributed by atoms with Gasteiger partial charge in [-0.05, 0) is 43.0 Å². The van der Waals surface area contributed by atoms with E-state index >= 15 is 0 Å². The molecule has 1 aliphatic heterocycles. The molecule has 0 saturated carbocycles. The predicted molar refractivity (Wildman–Crippen MR) is 98.8 cm³/mol. The van der Waals surface area contributed by atoms with Crippen LogP contribution in [0.15, 0.2) is 42.7 Å². The molecule has 3 atom stereocenters. The molecule has 0 radical (unpaired) electrons. The standard InChI is InChI=1S/C17H18ClFN2O.2ClH/c18-13-3-1-11(2-4-13)7-15-5-6-16(21-15)17(22)12-8-14(19)10-20-9-12;;/h1-4,8-10,15-17,21-22H,5-7H2;2*1H/t15-,16-,17+;;/m1../s1. The zero-order chi connectivity index (χ0) is 15.5. The van der Waals surface area contributed by atoms with Crippen LogP contribution in [-0.2, 0) is 6.42 Å². The third-order valence-electron chi connectivity index (χ3n) is 4.12. The number of nitrogens with zero attached hydrogens (tertiary/aromatic N) is 1. The lowest BCUT2D eigenvalue weighted by atomic mass is 10.0. The van der Waals surface area contributed by atoms with Gasteiger partial charge in [-0.1, -0.05) is 23.7 Å². The Morgan fingerprint density at radius 3 is 2.58 bits per heavy atom. The molecule has 0 bridgehead atoms. The third kappa shape index (κ3) is 5.30. The largest absolute Gasteiger partial charge is 0.387 e. The molecule has 1 aliphatic rings. The smallest absolute Gasteiger partial charge is 0.141 e. The van der Waals surface area contributed by atoms with E-state index in [1.165, 1.54) is 17.8 Å². The Hall–Kier alpha value is -0.910. The zero-order valence-electron chi connectivity index (χ0n) is 12.9. The average Bonchev–Trinajstić information content (AvgIpc) is 2.97. The molecule has 2 N–H and O–H groups in total. The highest BCUT2D eigenvalue weighted by atomic mass is 35.5. The summed E-state index contributed by atoms with van der Waals surface area (Å²) in [6, 6.07) is 9.39. The molecule has 132 valence electrons. The number of hydrogen-bond donors (Lipinski definition) is 2. The molecule has 0 aliphatic carbocycles. The van der Waals surface area contributed by atoms with E-state index < -0.39 is 11.9 Å². The Morgan fingerprint density at radius 1 is 1.21 bits per heavy atom. The van der Waals surface area contributed by atoms with E-state index in [1.54, 1.807) is 0 Å². The first-order valence-electron chi connectivity index (χ1n) is 7.41. The van der Waals surface area contributed by atoms with Gasteiger partial charge in [0, 0.05) is 28.9 Å². The highest BCUT2D eigenvalue weighted by Gasteiger charge is 2.30. The monoisotopic (exact) mass is 392 g/mol. The summed E-state index contributed by atoms with van der Waals surface area (Å²) in [6.45, 7) is 0. The lowest BCUT2D eigenvalue weighted by Gasteiger charge is -2.20. The molecular formula is C17H20Cl3FN2O. The molecule has 1 fully saturated rings. The zero-order valence-corrected chi connectivity index (χ0v) is 15.3. The SMILES string of the molecule is Cl.Cl.O[C@@H](c1cncc(F)c1)[C@H]1CC[C@H](Cc2ccc(Cl)cc2)N1. The number of benzene rings is 1. The minimum atomic E-state index is -0.738. The van der Waals surface area contributed by atoms with Crippen LogP contribution in [0.3, 0.4) is 0 Å². The Labute approximate surface area is 158 Å². The van der Waals surface area contributed by atoms with Crippen molar-refractivity contribution in [3.05, 3.63) is 64.7 Å². The molecule has 3 rings (SSSR count). The first-order chi connectivity index (χ1) is 10.6. The average molecular weight is 394 g/mol. The van der Waals surface area contributed by atoms with Crippen molar-refractivity contribution in [3.8, 4) is 0 Å². The van der Waals surface area contributed by atoms with Gasteiger partial charge >= 0.3 is 0 Å². The van der Waals surface area contributed by atoms with E-state index in [4.69, 9.17) is 11.6 Å². The molecule has 2 aromatic rings. The summed E-state index contributed by atoms with van der Waals surface area (Å²) in [7, 11) is 0. The molecule has 0 unspecified atom stereocenters. The van der Waals surface area contributed by atoms with Crippen molar-refractivity contribution in [2.24, 2.45) is 0 Å². The molecule has 0 amide bonds. The molecular weight excluding hydrogens is 374 g/mol. The summed E-state index contributed by atoms with van der Waals surface area (Å²) in [5.74, 6) is -0.424. The number of rotatable bonds is 4. The summed E-state index contributed by atoms with van der Waals surface area (Å²) in [5.41, 5.74) is 1.73. The number of aliphatic hydroxyl groups is 1. The van der Waals surface area contributed by atoms with Crippen LogP contribution in [0.5, 0.6) is 0 Å². The van der Waals surface area contributed by atoms with Gasteiger partial charge in [-0.2, -0.15) is 0 Å². The number of halogens is 4. The van der Waals surface area contributed by atoms with Gasteiger partial charge in [0.25, 0.3) is 0 Å². The van der Waals surface area contributed by atoms with Crippen molar-refractivity contribution in [2.75, 3.05) is 0 Å². The summed E-state index contributed by atoms with van der Waals surface area (Å²) in [6.07, 6.45) is 4.65. The van der Waals surface area contributed by atoms with E-state index in [0.717, 1.165) is 30.5 Å². The fourth-order valence-corrected chi connectivity index (χ4v) is 3.11. The van der Waals surface area contributed by atoms with Crippen molar-refractivity contribution >= 4 is 36.4 Å². The number of nitrogens with one attached hydrogen (secondary N) is 1. The van der Waals surface area contributed by atoms with Crippen LogP contribution < -0.4 is 5.32 Å². The van der Waals surface area contributed by atoms with Crippen LogP contribution in [0.25, 0.3) is 0 Å². The Kier molecular flexibility index (Phi) is 8.40. The summed E-state index contributed by atoms with van der Waals surface area (Å²) in [5, 5.41) is 14.5. The maximum atomic E-state index is 13.2. The number of pyridine rings is 1. The second-order valence-electron chi connectivity index (χ2n) is 5.76. The van der Waals surface area contributed by atoms with Crippen LogP contribution in [0, 0.1) is 5.82 Å². The number of aromatic nitrogens is 1. The summed E-state index contributed by atoms with van der Waals surface area (Å²) < 4.78 is 13.2. The Balaban J connectivity index is 0.00000144. The summed E-state index contributed by atoms with van der Waals surface area (Å²) >= 11 is 5.89. The van der Waals surface area contributed by atoms with Crippen molar-refractivity contribution < 1.29 is 9.50 Å². The van der Waals surface area contributed by atoms with Crippen LogP contribution >= 0.6 is 36.4 Å². The normalized spacial score (nSPS) is 20.8. The van der Waals surface area contributed by atoms with Gasteiger partial charge in [0.15, 0.2) is 0 Å². The molecule has 2 heterocycles. The van der Waals surface area contributed by atoms with Gasteiger partial charge in [0.2, 0.25) is 0 Å². The van der Waals surface area contributed by atoms with Crippen LogP contribution in [-0.4, -0.2) is 22.2 Å². The van der Waals surface area contributed by atoms with E-state index in [-0.39, 0.29) is 30.9 Å². The quantitative estimate of drug-likeness (QED) is 0.821. The first-order valence-corrected chi connectivity index (χ1v) is 7.78. The van der Waals surface area contributed by atoms with Gasteiger partial charge in [-0.25, -0.2) is 4.39 Å². The van der Waals surface area contributed by atoms with Gasteiger partial charge in [0.1, 0.15) is 5.82 Å². The molecule has 1 aromatic carbocycles. The van der Waals surface area contributed by atoms with Crippen LogP contribution in [0.4, 0.5) is 4.39 Å². The molecule has 1 aromatic heterocycles. The van der Waals surface area contributed by atoms with Gasteiger partial charge in [-0.3, -0.25) is 4.98 Å². The fraction of sp³-hybridized carbons (Fsp3) is 0.353. The third-order valence-corrected chi connectivity index (χ3v) is 4.37. The van der Waals surface area contributed by atoms with Crippen molar-refractivity contribution in [3.63, 3.8) is 0 Å². The number of aliphatic hydroxyl groups excluding tert-OH is 1. The van der Waals surface area contributed by atoms with E-state index in [9.17, 15) is 9.50 Å². The van der Waals surface area contributed by atoms with Crippen molar-refractivity contribution in [2.45, 2.75) is 37.5 Å². The molecule has 24 heavy (non-hydrogen) atoms. The second kappa shape index (κ2) is 9.54. The maximum absolute atomic E-state index is 13.2. The lowest BCUT2D eigenvalue weighted by molar-refractivity contribution is 0.134. The van der Waals surface area contributed by atoms with E-state index in [1.807, 2.05) is 24.3 Å². The first kappa shape index (κ1) is 21.1. The van der Waals surface area contributed by atoms with Gasteiger partial charge < -0.3 is 10.4 Å². The van der Waals surface area contributed by atoms with Crippen LogP contribution in [0.2, 0.25) is 5.02 Å². The van der Waals surface area contributed by atoms with E-state index in [2.05, 4.69) is 10.3 Å². The second-order valence-corrected chi connectivity index (χ2v) is 6.20. The lowest BCUT2D eigenvalue weighted by Crippen LogP contribution is -2.35. The molecule has 3 nitrogen and oxygen atoms in total. The molecule has 0 spiro atoms. The van der Waals surface area contributed by atoms with E-state index in [0.29, 0.717) is 11.6 Å². The van der Waals surface area contributed by atoms with Gasteiger partial charge in [0.05, 0.1) is 12.3 Å². The Bertz CT molecular complexity index is 642. The minimum absolute atomic E-state index is 0. The highest BCUT2D eigenvalue weighted by molar-refractivity contribution is 6.30. The fourth-order valence-electron chi connectivity index (χ4n) is 2.99. The predicted octanol–water partition coefficient (Wildman–Crippen LogP) is 4.11. The summed E-state index contributed by atoms with van der Waals surface area (Å²) in [4.78, 5) is 3.80. The highest BCUT2D eigenvalue weighted by Crippen LogP contribution is 2.26.